The maximum Gasteiger partial charge on any atom is 0.573 e. The normalized spacial score (nSPS) is 11.8. The van der Waals surface area contributed by atoms with Gasteiger partial charge < -0.3 is 4.74 Å². The Morgan fingerprint density at radius 2 is 1.55 bits per heavy atom. The average Bonchev–Trinajstić information content (AvgIpc) is 2.38. The zero-order valence-corrected chi connectivity index (χ0v) is 10.8. The van der Waals surface area contributed by atoms with E-state index in [1.807, 2.05) is 0 Å². The number of hydrogen-bond acceptors (Lipinski definition) is 2. The third-order valence-corrected chi connectivity index (χ3v) is 2.55. The van der Waals surface area contributed by atoms with Crippen LogP contribution in [0.15, 0.2) is 53.5 Å². The van der Waals surface area contributed by atoms with E-state index < -0.39 is 6.36 Å². The summed E-state index contributed by atoms with van der Waals surface area (Å²) in [4.78, 5) is 4.14. The standard InChI is InChI=1S/C14H9ClF3NO/c15-11-3-1-10(2-4-11)9-19-12-5-7-13(8-6-12)20-14(16,17)18/h1-9H. The molecule has 0 aromatic heterocycles. The summed E-state index contributed by atoms with van der Waals surface area (Å²) in [5.74, 6) is -0.275. The smallest absolute Gasteiger partial charge is 0.406 e. The molecule has 0 saturated carbocycles. The Bertz CT molecular complexity index is 591. The van der Waals surface area contributed by atoms with E-state index in [-0.39, 0.29) is 5.75 Å². The highest BCUT2D eigenvalue weighted by atomic mass is 35.5. The van der Waals surface area contributed by atoms with E-state index in [1.165, 1.54) is 24.3 Å². The van der Waals surface area contributed by atoms with Crippen molar-refractivity contribution in [1.82, 2.24) is 0 Å². The van der Waals surface area contributed by atoms with Gasteiger partial charge in [0.1, 0.15) is 5.75 Å². The fourth-order valence-electron chi connectivity index (χ4n) is 1.43. The molecule has 0 amide bonds. The quantitative estimate of drug-likeness (QED) is 0.732. The summed E-state index contributed by atoms with van der Waals surface area (Å²) in [6.07, 6.45) is -3.09. The van der Waals surface area contributed by atoms with Crippen molar-refractivity contribution < 1.29 is 17.9 Å². The molecule has 0 saturated heterocycles. The van der Waals surface area contributed by atoms with Crippen molar-refractivity contribution >= 4 is 23.5 Å². The summed E-state index contributed by atoms with van der Waals surface area (Å²) in [5, 5.41) is 0.621. The Kier molecular flexibility index (Phi) is 4.29. The molecule has 6 heteroatoms. The number of rotatable bonds is 3. The molecule has 0 atom stereocenters. The van der Waals surface area contributed by atoms with E-state index in [4.69, 9.17) is 11.6 Å². The summed E-state index contributed by atoms with van der Waals surface area (Å²) in [7, 11) is 0. The van der Waals surface area contributed by atoms with Crippen LogP contribution < -0.4 is 4.74 Å². The second kappa shape index (κ2) is 5.96. The van der Waals surface area contributed by atoms with Gasteiger partial charge in [-0.05, 0) is 42.0 Å². The van der Waals surface area contributed by atoms with Crippen molar-refractivity contribution in [1.29, 1.82) is 0 Å². The van der Waals surface area contributed by atoms with Gasteiger partial charge in [-0.3, -0.25) is 4.99 Å². The first-order chi connectivity index (χ1) is 9.42. The van der Waals surface area contributed by atoms with Gasteiger partial charge in [-0.2, -0.15) is 0 Å². The predicted octanol–water partition coefficient (Wildman–Crippen LogP) is 4.99. The Morgan fingerprint density at radius 3 is 2.10 bits per heavy atom. The molecule has 0 bridgehead atoms. The van der Waals surface area contributed by atoms with Crippen molar-refractivity contribution in [2.24, 2.45) is 4.99 Å². The van der Waals surface area contributed by atoms with E-state index in [1.54, 1.807) is 30.5 Å². The number of alkyl halides is 3. The van der Waals surface area contributed by atoms with Crippen LogP contribution in [0.1, 0.15) is 5.56 Å². The number of nitrogens with zero attached hydrogens (tertiary/aromatic N) is 1. The summed E-state index contributed by atoms with van der Waals surface area (Å²) < 4.78 is 39.7. The van der Waals surface area contributed by atoms with Crippen LogP contribution in [0, 0.1) is 0 Å². The number of hydrogen-bond donors (Lipinski definition) is 0. The third kappa shape index (κ3) is 4.59. The Labute approximate surface area is 118 Å². The van der Waals surface area contributed by atoms with Crippen molar-refractivity contribution in [3.63, 3.8) is 0 Å². The van der Waals surface area contributed by atoms with Crippen LogP contribution in [0.4, 0.5) is 18.9 Å². The zero-order chi connectivity index (χ0) is 14.6. The van der Waals surface area contributed by atoms with Gasteiger partial charge in [-0.1, -0.05) is 23.7 Å². The molecule has 0 aliphatic carbocycles. The molecule has 0 radical (unpaired) electrons. The molecule has 0 aliphatic rings. The van der Waals surface area contributed by atoms with Gasteiger partial charge in [0.15, 0.2) is 0 Å². The first-order valence-corrected chi connectivity index (χ1v) is 5.96. The molecule has 20 heavy (non-hydrogen) atoms. The molecule has 0 unspecified atom stereocenters. The van der Waals surface area contributed by atoms with Gasteiger partial charge in [0.2, 0.25) is 0 Å². The molecule has 2 rings (SSSR count). The van der Waals surface area contributed by atoms with Gasteiger partial charge in [0.05, 0.1) is 5.69 Å². The van der Waals surface area contributed by atoms with E-state index in [9.17, 15) is 13.2 Å². The van der Waals surface area contributed by atoms with Gasteiger partial charge in [-0.15, -0.1) is 13.2 Å². The summed E-state index contributed by atoms with van der Waals surface area (Å²) >= 11 is 5.75. The van der Waals surface area contributed by atoms with Gasteiger partial charge in [-0.25, -0.2) is 0 Å². The number of benzene rings is 2. The Morgan fingerprint density at radius 1 is 0.950 bits per heavy atom. The molecular formula is C14H9ClF3NO. The highest BCUT2D eigenvalue weighted by Gasteiger charge is 2.30. The third-order valence-electron chi connectivity index (χ3n) is 2.30. The fraction of sp³-hybridized carbons (Fsp3) is 0.0714. The van der Waals surface area contributed by atoms with Crippen LogP contribution in [0.3, 0.4) is 0 Å². The summed E-state index contributed by atoms with van der Waals surface area (Å²) in [6, 6.07) is 12.3. The lowest BCUT2D eigenvalue weighted by Crippen LogP contribution is -2.16. The van der Waals surface area contributed by atoms with E-state index in [0.717, 1.165) is 5.56 Å². The second-order valence-electron chi connectivity index (χ2n) is 3.85. The molecule has 2 aromatic rings. The summed E-state index contributed by atoms with van der Waals surface area (Å²) in [6.45, 7) is 0. The summed E-state index contributed by atoms with van der Waals surface area (Å²) in [5.41, 5.74) is 1.36. The van der Waals surface area contributed by atoms with Crippen molar-refractivity contribution in [2.75, 3.05) is 0 Å². The molecule has 0 spiro atoms. The molecule has 2 aromatic carbocycles. The Balaban J connectivity index is 2.05. The lowest BCUT2D eigenvalue weighted by atomic mass is 10.2. The first kappa shape index (κ1) is 14.4. The maximum atomic E-state index is 12.0. The first-order valence-electron chi connectivity index (χ1n) is 5.58. The topological polar surface area (TPSA) is 21.6 Å². The molecule has 2 nitrogen and oxygen atoms in total. The second-order valence-corrected chi connectivity index (χ2v) is 4.29. The van der Waals surface area contributed by atoms with Crippen LogP contribution >= 0.6 is 11.6 Å². The van der Waals surface area contributed by atoms with E-state index >= 15 is 0 Å². The molecular weight excluding hydrogens is 291 g/mol. The van der Waals surface area contributed by atoms with Crippen molar-refractivity contribution in [3.8, 4) is 5.75 Å². The van der Waals surface area contributed by atoms with E-state index in [0.29, 0.717) is 10.7 Å². The molecule has 104 valence electrons. The highest BCUT2D eigenvalue weighted by molar-refractivity contribution is 6.30. The van der Waals surface area contributed by atoms with Crippen LogP contribution in [-0.4, -0.2) is 12.6 Å². The van der Waals surface area contributed by atoms with Crippen molar-refractivity contribution in [2.45, 2.75) is 6.36 Å². The van der Waals surface area contributed by atoms with Crippen LogP contribution in [-0.2, 0) is 0 Å². The molecule has 0 heterocycles. The van der Waals surface area contributed by atoms with Gasteiger partial charge >= 0.3 is 6.36 Å². The van der Waals surface area contributed by atoms with E-state index in [2.05, 4.69) is 9.73 Å². The predicted molar refractivity (Wildman–Crippen MR) is 71.8 cm³/mol. The van der Waals surface area contributed by atoms with Crippen LogP contribution in [0.25, 0.3) is 0 Å². The number of ether oxygens (including phenoxy) is 1. The van der Waals surface area contributed by atoms with Crippen molar-refractivity contribution in [3.05, 3.63) is 59.1 Å². The zero-order valence-electron chi connectivity index (χ0n) is 10.1. The van der Waals surface area contributed by atoms with Gasteiger partial charge in [0, 0.05) is 11.2 Å². The number of halogens is 4. The number of aliphatic imine (C=N–C) groups is 1. The van der Waals surface area contributed by atoms with Gasteiger partial charge in [0.25, 0.3) is 0 Å². The SMILES string of the molecule is FC(F)(F)Oc1ccc(N=Cc2ccc(Cl)cc2)cc1. The average molecular weight is 300 g/mol. The van der Waals surface area contributed by atoms with Crippen LogP contribution in [0.5, 0.6) is 5.75 Å². The Hall–Kier alpha value is -2.01. The lowest BCUT2D eigenvalue weighted by molar-refractivity contribution is -0.274. The molecule has 0 fully saturated rings. The molecule has 0 aliphatic heterocycles. The van der Waals surface area contributed by atoms with Crippen LogP contribution in [0.2, 0.25) is 5.02 Å². The minimum atomic E-state index is -4.69. The minimum Gasteiger partial charge on any atom is -0.406 e. The largest absolute Gasteiger partial charge is 0.573 e. The fourth-order valence-corrected chi connectivity index (χ4v) is 1.56. The lowest BCUT2D eigenvalue weighted by Gasteiger charge is -2.08. The molecule has 0 N–H and O–H groups in total. The maximum absolute atomic E-state index is 12.0. The minimum absolute atomic E-state index is 0.275. The highest BCUT2D eigenvalue weighted by Crippen LogP contribution is 2.24. The monoisotopic (exact) mass is 299 g/mol.